The molecule has 1 aliphatic carbocycles. The molecule has 0 unspecified atom stereocenters. The second-order valence-corrected chi connectivity index (χ2v) is 10.6. The smallest absolute Gasteiger partial charge is 0.252 e. The lowest BCUT2D eigenvalue weighted by Crippen LogP contribution is -2.36. The van der Waals surface area contributed by atoms with E-state index in [4.69, 9.17) is 0 Å². The van der Waals surface area contributed by atoms with Crippen LogP contribution in [0.25, 0.3) is 0 Å². The van der Waals surface area contributed by atoms with Crippen LogP contribution in [0.15, 0.2) is 28.9 Å². The maximum Gasteiger partial charge on any atom is 0.252 e. The van der Waals surface area contributed by atoms with Crippen LogP contribution in [0.1, 0.15) is 29.3 Å². The summed E-state index contributed by atoms with van der Waals surface area (Å²) in [7, 11) is -1.73. The van der Waals surface area contributed by atoms with Gasteiger partial charge in [-0.3, -0.25) is 4.79 Å². The molecule has 2 aliphatic rings. The highest BCUT2D eigenvalue weighted by Crippen LogP contribution is 2.37. The maximum absolute atomic E-state index is 13.0. The minimum atomic E-state index is -3.59. The van der Waals surface area contributed by atoms with Crippen LogP contribution < -0.4 is 5.32 Å². The van der Waals surface area contributed by atoms with Gasteiger partial charge in [-0.25, -0.2) is 13.4 Å². The third-order valence-electron chi connectivity index (χ3n) is 4.96. The van der Waals surface area contributed by atoms with Gasteiger partial charge >= 0.3 is 0 Å². The van der Waals surface area contributed by atoms with Crippen LogP contribution in [0.2, 0.25) is 0 Å². The molecule has 2 aromatic heterocycles. The Bertz CT molecular complexity index is 929. The molecule has 0 aromatic carbocycles. The van der Waals surface area contributed by atoms with Crippen molar-refractivity contribution in [2.75, 3.05) is 13.1 Å². The Morgan fingerprint density at radius 1 is 1.31 bits per heavy atom. The number of imidazole rings is 1. The summed E-state index contributed by atoms with van der Waals surface area (Å²) in [4.78, 5) is 18.1. The third-order valence-corrected chi connectivity index (χ3v) is 8.26. The van der Waals surface area contributed by atoms with E-state index < -0.39 is 15.9 Å². The molecule has 1 saturated heterocycles. The Balaban J connectivity index is 1.62. The Morgan fingerprint density at radius 2 is 2.08 bits per heavy atom. The molecule has 0 bridgehead atoms. The third kappa shape index (κ3) is 3.30. The summed E-state index contributed by atoms with van der Waals surface area (Å²) < 4.78 is 29.6. The number of carbonyl (C=O) groups is 1. The van der Waals surface area contributed by atoms with Crippen molar-refractivity contribution in [2.24, 2.45) is 13.0 Å². The number of thiophene rings is 1. The highest BCUT2D eigenvalue weighted by molar-refractivity contribution is 7.91. The number of aryl methyl sites for hydroxylation is 2. The van der Waals surface area contributed by atoms with Gasteiger partial charge in [0.1, 0.15) is 4.21 Å². The van der Waals surface area contributed by atoms with Crippen molar-refractivity contribution in [1.82, 2.24) is 19.2 Å². The standard InChI is InChI=1S/C17H22N4O3S2/c1-11-3-6-16(25-11)26(23,24)21-7-13(15-9-20(2)10-18-15)14(8-21)17(22)19-12-4-5-12/h3,6,9-10,12-14H,4-5,7-8H2,1-2H3,(H,19,22)/t13-,14-/m1/s1. The van der Waals surface area contributed by atoms with Gasteiger partial charge in [0.25, 0.3) is 10.0 Å². The van der Waals surface area contributed by atoms with Crippen molar-refractivity contribution >= 4 is 27.3 Å². The molecule has 1 N–H and O–H groups in total. The Kier molecular flexibility index (Phi) is 4.40. The van der Waals surface area contributed by atoms with Gasteiger partial charge in [-0.2, -0.15) is 4.31 Å². The molecule has 2 aromatic rings. The van der Waals surface area contributed by atoms with E-state index in [9.17, 15) is 13.2 Å². The highest BCUT2D eigenvalue weighted by Gasteiger charge is 2.45. The van der Waals surface area contributed by atoms with E-state index in [1.807, 2.05) is 24.7 Å². The molecule has 3 heterocycles. The fourth-order valence-corrected chi connectivity index (χ4v) is 6.30. The van der Waals surface area contributed by atoms with E-state index in [-0.39, 0.29) is 31.0 Å². The number of rotatable bonds is 5. The van der Waals surface area contributed by atoms with Gasteiger partial charge in [0, 0.05) is 43.2 Å². The summed E-state index contributed by atoms with van der Waals surface area (Å²) in [5.74, 6) is -0.713. The lowest BCUT2D eigenvalue weighted by molar-refractivity contribution is -0.125. The number of hydrogen-bond acceptors (Lipinski definition) is 5. The van der Waals surface area contributed by atoms with Gasteiger partial charge in [0.05, 0.1) is 17.9 Å². The summed E-state index contributed by atoms with van der Waals surface area (Å²) in [6.07, 6.45) is 5.56. The molecule has 9 heteroatoms. The lowest BCUT2D eigenvalue weighted by Gasteiger charge is -2.16. The van der Waals surface area contributed by atoms with Crippen molar-refractivity contribution in [2.45, 2.75) is 35.9 Å². The van der Waals surface area contributed by atoms with Crippen LogP contribution in [0, 0.1) is 12.8 Å². The topological polar surface area (TPSA) is 84.3 Å². The minimum Gasteiger partial charge on any atom is -0.353 e. The number of amides is 1. The molecular formula is C17H22N4O3S2. The normalized spacial score (nSPS) is 24.1. The number of aromatic nitrogens is 2. The second kappa shape index (κ2) is 6.47. The fourth-order valence-electron chi connectivity index (χ4n) is 3.37. The fraction of sp³-hybridized carbons (Fsp3) is 0.529. The van der Waals surface area contributed by atoms with Gasteiger partial charge in [-0.15, -0.1) is 11.3 Å². The first kappa shape index (κ1) is 17.7. The van der Waals surface area contributed by atoms with Crippen molar-refractivity contribution < 1.29 is 13.2 Å². The van der Waals surface area contributed by atoms with Crippen LogP contribution in [0.4, 0.5) is 0 Å². The van der Waals surface area contributed by atoms with E-state index in [1.165, 1.54) is 15.6 Å². The number of nitrogens with one attached hydrogen (secondary N) is 1. The maximum atomic E-state index is 13.0. The number of sulfonamides is 1. The molecule has 0 spiro atoms. The van der Waals surface area contributed by atoms with Crippen molar-refractivity contribution in [3.63, 3.8) is 0 Å². The Labute approximate surface area is 157 Å². The molecule has 7 nitrogen and oxygen atoms in total. The monoisotopic (exact) mass is 394 g/mol. The molecule has 0 radical (unpaired) electrons. The van der Waals surface area contributed by atoms with Gasteiger partial charge in [0.15, 0.2) is 0 Å². The van der Waals surface area contributed by atoms with E-state index in [1.54, 1.807) is 18.5 Å². The van der Waals surface area contributed by atoms with Crippen LogP contribution in [-0.4, -0.2) is 47.3 Å². The molecule has 2 atom stereocenters. The number of nitrogens with zero attached hydrogens (tertiary/aromatic N) is 3. The molecule has 2 fully saturated rings. The molecule has 140 valence electrons. The number of carbonyl (C=O) groups excluding carboxylic acids is 1. The summed E-state index contributed by atoms with van der Waals surface area (Å²) in [5, 5.41) is 3.03. The summed E-state index contributed by atoms with van der Waals surface area (Å²) in [5.41, 5.74) is 0.767. The van der Waals surface area contributed by atoms with E-state index in [0.29, 0.717) is 4.21 Å². The minimum absolute atomic E-state index is 0.0665. The summed E-state index contributed by atoms with van der Waals surface area (Å²) in [6.45, 7) is 2.36. The van der Waals surface area contributed by atoms with Crippen LogP contribution in [-0.2, 0) is 21.9 Å². The van der Waals surface area contributed by atoms with Crippen molar-refractivity contribution in [3.8, 4) is 0 Å². The molecule has 1 aliphatic heterocycles. The zero-order valence-corrected chi connectivity index (χ0v) is 16.4. The molecule has 26 heavy (non-hydrogen) atoms. The largest absolute Gasteiger partial charge is 0.353 e. The van der Waals surface area contributed by atoms with E-state index in [0.717, 1.165) is 23.4 Å². The predicted molar refractivity (Wildman–Crippen MR) is 98.4 cm³/mol. The quantitative estimate of drug-likeness (QED) is 0.832. The molecule has 1 saturated carbocycles. The average Bonchev–Trinajstić information content (AvgIpc) is 3.01. The van der Waals surface area contributed by atoms with Crippen LogP contribution in [0.5, 0.6) is 0 Å². The highest BCUT2D eigenvalue weighted by atomic mass is 32.2. The zero-order chi connectivity index (χ0) is 18.5. The summed E-state index contributed by atoms with van der Waals surface area (Å²) in [6, 6.07) is 3.70. The SMILES string of the molecule is Cc1ccc(S(=O)(=O)N2C[C@@H](C(=O)NC3CC3)[C@H](c3cn(C)cn3)C2)s1. The van der Waals surface area contributed by atoms with Gasteiger partial charge in [-0.1, -0.05) is 0 Å². The Morgan fingerprint density at radius 3 is 2.65 bits per heavy atom. The lowest BCUT2D eigenvalue weighted by atomic mass is 9.92. The van der Waals surface area contributed by atoms with E-state index in [2.05, 4.69) is 10.3 Å². The molecule has 4 rings (SSSR count). The van der Waals surface area contributed by atoms with Gasteiger partial charge < -0.3 is 9.88 Å². The molecular weight excluding hydrogens is 372 g/mol. The zero-order valence-electron chi connectivity index (χ0n) is 14.8. The predicted octanol–water partition coefficient (Wildman–Crippen LogP) is 1.47. The second-order valence-electron chi connectivity index (χ2n) is 7.15. The van der Waals surface area contributed by atoms with E-state index >= 15 is 0 Å². The van der Waals surface area contributed by atoms with Crippen molar-refractivity contribution in [3.05, 3.63) is 35.2 Å². The average molecular weight is 395 g/mol. The summed E-state index contributed by atoms with van der Waals surface area (Å²) >= 11 is 1.26. The first-order valence-electron chi connectivity index (χ1n) is 8.69. The first-order chi connectivity index (χ1) is 12.3. The number of hydrogen-bond donors (Lipinski definition) is 1. The van der Waals surface area contributed by atoms with Gasteiger partial charge in [0.2, 0.25) is 5.91 Å². The van der Waals surface area contributed by atoms with Crippen LogP contribution in [0.3, 0.4) is 0 Å². The van der Waals surface area contributed by atoms with Crippen molar-refractivity contribution in [1.29, 1.82) is 0 Å². The van der Waals surface area contributed by atoms with Gasteiger partial charge in [-0.05, 0) is 31.9 Å². The Hall–Kier alpha value is -1.71. The first-order valence-corrected chi connectivity index (χ1v) is 10.9. The molecule has 1 amide bonds. The van der Waals surface area contributed by atoms with Crippen LogP contribution >= 0.6 is 11.3 Å².